The number of nitrogens with zero attached hydrogens (tertiary/aromatic N) is 2. The Morgan fingerprint density at radius 2 is 1.79 bits per heavy atom. The van der Waals surface area contributed by atoms with E-state index in [2.05, 4.69) is 0 Å². The van der Waals surface area contributed by atoms with Crippen molar-refractivity contribution in [2.24, 2.45) is 0 Å². The van der Waals surface area contributed by atoms with Crippen molar-refractivity contribution < 1.29 is 9.90 Å². The van der Waals surface area contributed by atoms with E-state index in [0.717, 1.165) is 0 Å². The van der Waals surface area contributed by atoms with Gasteiger partial charge in [-0.15, -0.1) is 11.6 Å². The average molecular weight is 228 g/mol. The second kappa shape index (κ2) is 3.71. The smallest absolute Gasteiger partial charge is 0.197 e. The molecule has 70 valence electrons. The molecule has 1 unspecified atom stereocenters. The van der Waals surface area contributed by atoms with E-state index >= 15 is 0 Å². The monoisotopic (exact) mass is 227 g/mol. The Labute approximate surface area is 89.3 Å². The summed E-state index contributed by atoms with van der Waals surface area (Å²) < 4.78 is 0. The minimum Gasteiger partial charge on any atom is -0.871 e. The summed E-state index contributed by atoms with van der Waals surface area (Å²) in [4.78, 5) is 11.3. The van der Waals surface area contributed by atoms with Crippen molar-refractivity contribution in [3.63, 3.8) is 0 Å². The lowest BCUT2D eigenvalue weighted by atomic mass is 9.96. The molecule has 0 aliphatic heterocycles. The summed E-state index contributed by atoms with van der Waals surface area (Å²) >= 11 is 10.9. The molecule has 0 aromatic rings. The molecule has 0 saturated heterocycles. The first-order valence-electron chi connectivity index (χ1n) is 3.34. The minimum absolute atomic E-state index is 0.438. The number of allylic oxidation sites excluding steroid dienone is 3. The molecule has 4 nitrogen and oxygen atoms in total. The molecule has 0 aromatic carbocycles. The normalized spacial score (nSPS) is 22.0. The van der Waals surface area contributed by atoms with Gasteiger partial charge in [0.05, 0.1) is 5.57 Å². The van der Waals surface area contributed by atoms with Gasteiger partial charge in [-0.25, -0.2) is 0 Å². The van der Waals surface area contributed by atoms with Crippen molar-refractivity contribution in [3.8, 4) is 12.1 Å². The lowest BCUT2D eigenvalue weighted by Gasteiger charge is -2.22. The Balaban J connectivity index is 3.50. The van der Waals surface area contributed by atoms with Gasteiger partial charge in [-0.1, -0.05) is 17.4 Å². The van der Waals surface area contributed by atoms with Crippen molar-refractivity contribution in [3.05, 3.63) is 21.9 Å². The highest BCUT2D eigenvalue weighted by Crippen LogP contribution is 2.30. The Hall–Kier alpha value is -1.49. The van der Waals surface area contributed by atoms with E-state index in [-0.39, 0.29) is 0 Å². The fourth-order valence-corrected chi connectivity index (χ4v) is 1.33. The predicted molar refractivity (Wildman–Crippen MR) is 45.8 cm³/mol. The molecular weight excluding hydrogens is 227 g/mol. The van der Waals surface area contributed by atoms with Crippen LogP contribution < -0.4 is 5.11 Å². The van der Waals surface area contributed by atoms with Crippen LogP contribution in [0.25, 0.3) is 0 Å². The molecule has 1 aliphatic carbocycles. The van der Waals surface area contributed by atoms with Crippen molar-refractivity contribution in [2.45, 2.75) is 5.38 Å². The van der Waals surface area contributed by atoms with Crippen LogP contribution in [0.1, 0.15) is 0 Å². The van der Waals surface area contributed by atoms with Crippen LogP contribution in [-0.4, -0.2) is 11.2 Å². The summed E-state index contributed by atoms with van der Waals surface area (Å²) in [6.45, 7) is 0. The SMILES string of the molecule is N#CC1=C(C#N)C([O-])=C(Cl)C(Cl)C1=O. The van der Waals surface area contributed by atoms with Crippen LogP contribution in [0.2, 0.25) is 0 Å². The van der Waals surface area contributed by atoms with Crippen molar-refractivity contribution in [2.75, 3.05) is 0 Å². The van der Waals surface area contributed by atoms with Gasteiger partial charge in [-0.05, 0) is 0 Å². The molecule has 1 rings (SSSR count). The largest absolute Gasteiger partial charge is 0.871 e. The van der Waals surface area contributed by atoms with Crippen molar-refractivity contribution >= 4 is 29.0 Å². The number of halogens is 2. The van der Waals surface area contributed by atoms with Crippen LogP contribution >= 0.6 is 23.2 Å². The molecule has 1 atom stereocenters. The quantitative estimate of drug-likeness (QED) is 0.559. The molecule has 0 amide bonds. The second-order valence-electron chi connectivity index (χ2n) is 2.38. The van der Waals surface area contributed by atoms with E-state index < -0.39 is 33.1 Å². The average Bonchev–Trinajstić information content (AvgIpc) is 2.20. The minimum atomic E-state index is -1.35. The Bertz CT molecular complexity index is 451. The van der Waals surface area contributed by atoms with Gasteiger partial charge in [0.1, 0.15) is 23.1 Å². The summed E-state index contributed by atoms with van der Waals surface area (Å²) in [5.74, 6) is -1.67. The van der Waals surface area contributed by atoms with Gasteiger partial charge >= 0.3 is 0 Å². The molecule has 0 fully saturated rings. The number of hydrogen-bond donors (Lipinski definition) is 0. The lowest BCUT2D eigenvalue weighted by molar-refractivity contribution is -0.297. The van der Waals surface area contributed by atoms with Crippen LogP contribution in [-0.2, 0) is 4.79 Å². The maximum absolute atomic E-state index is 11.3. The van der Waals surface area contributed by atoms with E-state index in [1.807, 2.05) is 0 Å². The number of carbonyl (C=O) groups excluding carboxylic acids is 1. The molecular formula is C8HCl2N2O2-. The van der Waals surface area contributed by atoms with Crippen molar-refractivity contribution in [1.82, 2.24) is 0 Å². The van der Waals surface area contributed by atoms with Crippen LogP contribution in [0.5, 0.6) is 0 Å². The zero-order valence-electron chi connectivity index (χ0n) is 6.54. The van der Waals surface area contributed by atoms with Gasteiger partial charge < -0.3 is 5.11 Å². The Morgan fingerprint density at radius 3 is 2.21 bits per heavy atom. The number of hydrogen-bond acceptors (Lipinski definition) is 4. The van der Waals surface area contributed by atoms with Gasteiger partial charge in [0.2, 0.25) is 0 Å². The van der Waals surface area contributed by atoms with Gasteiger partial charge in [-0.3, -0.25) is 4.79 Å². The van der Waals surface area contributed by atoms with Gasteiger partial charge in [0, 0.05) is 5.03 Å². The zero-order valence-corrected chi connectivity index (χ0v) is 8.06. The van der Waals surface area contributed by atoms with E-state index in [1.54, 1.807) is 0 Å². The van der Waals surface area contributed by atoms with Crippen LogP contribution in [0.15, 0.2) is 21.9 Å². The lowest BCUT2D eigenvalue weighted by Crippen LogP contribution is -2.28. The summed E-state index contributed by atoms with van der Waals surface area (Å²) in [6, 6.07) is 2.93. The van der Waals surface area contributed by atoms with E-state index in [0.29, 0.717) is 0 Å². The maximum Gasteiger partial charge on any atom is 0.197 e. The van der Waals surface area contributed by atoms with Gasteiger partial charge in [-0.2, -0.15) is 10.5 Å². The topological polar surface area (TPSA) is 87.7 Å². The molecule has 14 heavy (non-hydrogen) atoms. The summed E-state index contributed by atoms with van der Waals surface area (Å²) in [6.07, 6.45) is 0. The van der Waals surface area contributed by atoms with Crippen molar-refractivity contribution in [1.29, 1.82) is 10.5 Å². The molecule has 0 N–H and O–H groups in total. The first kappa shape index (κ1) is 10.6. The van der Waals surface area contributed by atoms with Crippen LogP contribution in [0, 0.1) is 22.7 Å². The fourth-order valence-electron chi connectivity index (χ4n) is 0.931. The van der Waals surface area contributed by atoms with E-state index in [9.17, 15) is 9.90 Å². The molecule has 0 heterocycles. The fraction of sp³-hybridized carbons (Fsp3) is 0.125. The third-order valence-corrected chi connectivity index (χ3v) is 2.53. The highest BCUT2D eigenvalue weighted by atomic mass is 35.5. The highest BCUT2D eigenvalue weighted by molar-refractivity contribution is 6.46. The van der Waals surface area contributed by atoms with Crippen LogP contribution in [0.4, 0.5) is 0 Å². The third kappa shape index (κ3) is 1.35. The Kier molecular flexibility index (Phi) is 2.81. The number of nitriles is 2. The summed E-state index contributed by atoms with van der Waals surface area (Å²) in [7, 11) is 0. The van der Waals surface area contributed by atoms with E-state index in [1.165, 1.54) is 12.1 Å². The summed E-state index contributed by atoms with van der Waals surface area (Å²) in [5, 5.41) is 26.5. The standard InChI is InChI=1S/C8H2Cl2N2O2/c9-5-6(10)8(14)4(2-12)3(1-11)7(5)13/h5,14H/p-1. The maximum atomic E-state index is 11.3. The molecule has 6 heteroatoms. The third-order valence-electron chi connectivity index (χ3n) is 1.62. The van der Waals surface area contributed by atoms with Gasteiger partial charge in [0.15, 0.2) is 5.78 Å². The van der Waals surface area contributed by atoms with E-state index in [4.69, 9.17) is 33.7 Å². The second-order valence-corrected chi connectivity index (χ2v) is 3.22. The number of ketones is 1. The molecule has 0 radical (unpaired) electrons. The number of alkyl halides is 1. The van der Waals surface area contributed by atoms with Crippen LogP contribution in [0.3, 0.4) is 0 Å². The van der Waals surface area contributed by atoms with Gasteiger partial charge in [0.25, 0.3) is 0 Å². The molecule has 0 aromatic heterocycles. The molecule has 0 saturated carbocycles. The first-order valence-corrected chi connectivity index (χ1v) is 4.15. The molecule has 1 aliphatic rings. The zero-order chi connectivity index (χ0) is 10.9. The number of Topliss-reactive ketones (excluding diaryl/α,β-unsaturated/α-hetero) is 1. The first-order chi connectivity index (χ1) is 6.54. The molecule has 0 bridgehead atoms. The number of rotatable bonds is 0. The predicted octanol–water partition coefficient (Wildman–Crippen LogP) is 0.331. The highest BCUT2D eigenvalue weighted by Gasteiger charge is 2.31. The Morgan fingerprint density at radius 1 is 1.29 bits per heavy atom. The molecule has 0 spiro atoms. The number of carbonyl (C=O) groups is 1. The summed E-state index contributed by atoms with van der Waals surface area (Å²) in [5.41, 5.74) is -1.07.